The average molecular weight is 459 g/mol. The normalized spacial score (nSPS) is 16.9. The van der Waals surface area contributed by atoms with E-state index in [0.29, 0.717) is 29.7 Å². The lowest BCUT2D eigenvalue weighted by Crippen LogP contribution is -2.47. The van der Waals surface area contributed by atoms with Gasteiger partial charge in [0, 0.05) is 29.9 Å². The van der Waals surface area contributed by atoms with E-state index in [9.17, 15) is 22.0 Å². The molecule has 0 radical (unpaired) electrons. The van der Waals surface area contributed by atoms with Gasteiger partial charge in [-0.15, -0.1) is 0 Å². The number of piperidine rings is 1. The highest BCUT2D eigenvalue weighted by Crippen LogP contribution is 2.37. The molecule has 0 bridgehead atoms. The van der Waals surface area contributed by atoms with Crippen molar-refractivity contribution in [3.63, 3.8) is 0 Å². The lowest BCUT2D eigenvalue weighted by Gasteiger charge is -2.40. The number of nitrogens with two attached hydrogens (primary N) is 1. The molecule has 10 heteroatoms. The molecule has 1 amide bonds. The first-order valence-corrected chi connectivity index (χ1v) is 11.1. The third-order valence-corrected chi connectivity index (χ3v) is 7.33. The molecule has 1 fully saturated rings. The maximum absolute atomic E-state index is 13.5. The minimum absolute atomic E-state index is 0.0344. The Bertz CT molecular complexity index is 1040. The molecule has 1 aliphatic rings. The third kappa shape index (κ3) is 5.08. The first-order valence-electron chi connectivity index (χ1n) is 9.23. The molecule has 30 heavy (non-hydrogen) atoms. The van der Waals surface area contributed by atoms with Crippen LogP contribution in [0.2, 0.25) is 5.02 Å². The second-order valence-corrected chi connectivity index (χ2v) is 9.74. The van der Waals surface area contributed by atoms with Crippen LogP contribution < -0.4 is 10.5 Å². The largest absolute Gasteiger partial charge is 0.493 e. The molecular formula is C20H21ClF2N2O4S. The van der Waals surface area contributed by atoms with E-state index >= 15 is 0 Å². The molecule has 2 N–H and O–H groups in total. The van der Waals surface area contributed by atoms with Crippen molar-refractivity contribution in [1.82, 2.24) is 4.31 Å². The highest BCUT2D eigenvalue weighted by molar-refractivity contribution is 7.89. The fourth-order valence-corrected chi connectivity index (χ4v) is 5.16. The summed E-state index contributed by atoms with van der Waals surface area (Å²) >= 11 is 5.96. The summed E-state index contributed by atoms with van der Waals surface area (Å²) in [6, 6.07) is 9.28. The van der Waals surface area contributed by atoms with Gasteiger partial charge in [0.05, 0.1) is 11.5 Å². The quantitative estimate of drug-likeness (QED) is 0.689. The Balaban J connectivity index is 1.74. The lowest BCUT2D eigenvalue weighted by atomic mass is 9.76. The van der Waals surface area contributed by atoms with Gasteiger partial charge in [0.15, 0.2) is 11.6 Å². The summed E-state index contributed by atoms with van der Waals surface area (Å²) in [5.74, 6) is -2.33. The van der Waals surface area contributed by atoms with Crippen molar-refractivity contribution >= 4 is 27.5 Å². The number of hydrogen-bond acceptors (Lipinski definition) is 4. The van der Waals surface area contributed by atoms with Crippen LogP contribution in [0.4, 0.5) is 8.78 Å². The van der Waals surface area contributed by atoms with Gasteiger partial charge in [-0.1, -0.05) is 17.7 Å². The van der Waals surface area contributed by atoms with E-state index in [1.165, 1.54) is 4.31 Å². The monoisotopic (exact) mass is 458 g/mol. The summed E-state index contributed by atoms with van der Waals surface area (Å²) in [4.78, 5) is 11.3. The lowest BCUT2D eigenvalue weighted by molar-refractivity contribution is -0.121. The molecule has 0 atom stereocenters. The molecule has 1 aliphatic heterocycles. The van der Waals surface area contributed by atoms with Gasteiger partial charge in [0.1, 0.15) is 5.75 Å². The number of ether oxygens (including phenoxy) is 1. The minimum atomic E-state index is -4.00. The molecular weight excluding hydrogens is 438 g/mol. The van der Waals surface area contributed by atoms with Crippen molar-refractivity contribution in [3.8, 4) is 5.75 Å². The van der Waals surface area contributed by atoms with Crippen molar-refractivity contribution in [1.29, 1.82) is 0 Å². The van der Waals surface area contributed by atoms with Gasteiger partial charge < -0.3 is 10.5 Å². The zero-order valence-electron chi connectivity index (χ0n) is 16.0. The SMILES string of the molecule is NC(=O)CC1(COc2cccc(Cl)c2)CCN(S(=O)(=O)c2ccc(F)c(F)c2)CC1. The Morgan fingerprint density at radius 3 is 2.43 bits per heavy atom. The predicted molar refractivity (Wildman–Crippen MR) is 108 cm³/mol. The smallest absolute Gasteiger partial charge is 0.243 e. The second kappa shape index (κ2) is 8.87. The van der Waals surface area contributed by atoms with Crippen LogP contribution in [-0.4, -0.2) is 38.3 Å². The summed E-state index contributed by atoms with van der Waals surface area (Å²) in [5, 5.41) is 0.504. The number of primary amides is 1. The maximum Gasteiger partial charge on any atom is 0.243 e. The zero-order valence-corrected chi connectivity index (χ0v) is 17.6. The van der Waals surface area contributed by atoms with E-state index in [-0.39, 0.29) is 31.0 Å². The van der Waals surface area contributed by atoms with Gasteiger partial charge in [-0.3, -0.25) is 4.79 Å². The standard InChI is InChI=1S/C20H21ClF2N2O4S/c21-14-2-1-3-15(10-14)29-13-20(12-19(24)26)6-8-25(9-7-20)30(27,28)16-4-5-17(22)18(23)11-16/h1-5,10-11H,6-9,12-13H2,(H2,24,26). The topological polar surface area (TPSA) is 89.7 Å². The number of rotatable bonds is 7. The number of halogens is 3. The van der Waals surface area contributed by atoms with Crippen molar-refractivity contribution in [2.24, 2.45) is 11.1 Å². The molecule has 6 nitrogen and oxygen atoms in total. The number of amides is 1. The Morgan fingerprint density at radius 2 is 1.83 bits per heavy atom. The van der Waals surface area contributed by atoms with Gasteiger partial charge in [-0.2, -0.15) is 4.31 Å². The highest BCUT2D eigenvalue weighted by atomic mass is 35.5. The van der Waals surface area contributed by atoms with Gasteiger partial charge in [0.2, 0.25) is 15.9 Å². The second-order valence-electron chi connectivity index (χ2n) is 7.37. The summed E-state index contributed by atoms with van der Waals surface area (Å²) in [7, 11) is -4.00. The molecule has 0 saturated carbocycles. The van der Waals surface area contributed by atoms with Crippen LogP contribution >= 0.6 is 11.6 Å². The molecule has 2 aromatic carbocycles. The number of nitrogens with zero attached hydrogens (tertiary/aromatic N) is 1. The third-order valence-electron chi connectivity index (χ3n) is 5.20. The van der Waals surface area contributed by atoms with Crippen molar-refractivity contribution < 1.29 is 26.7 Å². The highest BCUT2D eigenvalue weighted by Gasteiger charge is 2.40. The van der Waals surface area contributed by atoms with Gasteiger partial charge in [-0.25, -0.2) is 17.2 Å². The number of benzene rings is 2. The van der Waals surface area contributed by atoms with E-state index in [4.69, 9.17) is 22.1 Å². The van der Waals surface area contributed by atoms with Gasteiger partial charge >= 0.3 is 0 Å². The van der Waals surface area contributed by atoms with Crippen LogP contribution in [0.25, 0.3) is 0 Å². The van der Waals surface area contributed by atoms with E-state index in [0.717, 1.165) is 12.1 Å². The Kier molecular flexibility index (Phi) is 6.64. The van der Waals surface area contributed by atoms with Gasteiger partial charge in [0.25, 0.3) is 0 Å². The van der Waals surface area contributed by atoms with Crippen LogP contribution in [0.3, 0.4) is 0 Å². The van der Waals surface area contributed by atoms with Crippen LogP contribution in [0.1, 0.15) is 19.3 Å². The van der Waals surface area contributed by atoms with Crippen LogP contribution in [0.5, 0.6) is 5.75 Å². The molecule has 1 heterocycles. The summed E-state index contributed by atoms with van der Waals surface area (Å²) in [5.41, 5.74) is 4.77. The van der Waals surface area contributed by atoms with Crippen molar-refractivity contribution in [3.05, 3.63) is 59.1 Å². The van der Waals surface area contributed by atoms with Gasteiger partial charge in [-0.05, 0) is 49.2 Å². The predicted octanol–water partition coefficient (Wildman–Crippen LogP) is 3.34. The van der Waals surface area contributed by atoms with Crippen molar-refractivity contribution in [2.45, 2.75) is 24.2 Å². The first kappa shape index (κ1) is 22.5. The van der Waals surface area contributed by atoms with E-state index < -0.39 is 33.0 Å². The van der Waals surface area contributed by atoms with Crippen LogP contribution in [0, 0.1) is 17.0 Å². The Labute approximate surface area is 178 Å². The van der Waals surface area contributed by atoms with Crippen LogP contribution in [0.15, 0.2) is 47.4 Å². The molecule has 0 aliphatic carbocycles. The molecule has 0 spiro atoms. The van der Waals surface area contributed by atoms with E-state index in [1.54, 1.807) is 24.3 Å². The Morgan fingerprint density at radius 1 is 1.13 bits per heavy atom. The molecule has 1 saturated heterocycles. The summed E-state index contributed by atoms with van der Waals surface area (Å²) in [6.07, 6.45) is 0.672. The summed E-state index contributed by atoms with van der Waals surface area (Å²) < 4.78 is 59.3. The maximum atomic E-state index is 13.5. The van der Waals surface area contributed by atoms with E-state index in [2.05, 4.69) is 0 Å². The molecule has 162 valence electrons. The van der Waals surface area contributed by atoms with Crippen LogP contribution in [-0.2, 0) is 14.8 Å². The van der Waals surface area contributed by atoms with Crippen molar-refractivity contribution in [2.75, 3.05) is 19.7 Å². The minimum Gasteiger partial charge on any atom is -0.493 e. The average Bonchev–Trinajstić information content (AvgIpc) is 2.68. The fourth-order valence-electron chi connectivity index (χ4n) is 3.52. The number of carbonyl (C=O) groups excluding carboxylic acids is 1. The Hall–Kier alpha value is -2.23. The fraction of sp³-hybridized carbons (Fsp3) is 0.350. The number of sulfonamides is 1. The first-order chi connectivity index (χ1) is 14.1. The number of carbonyl (C=O) groups is 1. The van der Waals surface area contributed by atoms with E-state index in [1.807, 2.05) is 0 Å². The number of hydrogen-bond donors (Lipinski definition) is 1. The molecule has 0 aromatic heterocycles. The molecule has 0 unspecified atom stereocenters. The molecule has 3 rings (SSSR count). The zero-order chi connectivity index (χ0) is 21.9. The molecule has 2 aromatic rings. The summed E-state index contributed by atoms with van der Waals surface area (Å²) in [6.45, 7) is 0.344.